The zero-order valence-electron chi connectivity index (χ0n) is 22.8. The number of hydrogen-bond acceptors (Lipinski definition) is 8. The number of rotatable bonds is 8. The molecule has 2 N–H and O–H groups in total. The van der Waals surface area contributed by atoms with Crippen LogP contribution in [0.15, 0.2) is 30.5 Å². The molecule has 10 heteroatoms. The van der Waals surface area contributed by atoms with Crippen LogP contribution in [0.4, 0.5) is 22.9 Å². The molecule has 0 unspecified atom stereocenters. The van der Waals surface area contributed by atoms with Crippen molar-refractivity contribution in [1.29, 1.82) is 0 Å². The molecular weight excluding hydrogens is 446 g/mol. The highest BCUT2D eigenvalue weighted by Gasteiger charge is 2.35. The van der Waals surface area contributed by atoms with Gasteiger partial charge in [-0.15, -0.1) is 0 Å². The molecule has 0 saturated heterocycles. The van der Waals surface area contributed by atoms with Crippen molar-refractivity contribution in [2.24, 2.45) is 13.0 Å². The molecule has 1 aliphatic carbocycles. The average molecular weight is 479 g/mol. The van der Waals surface area contributed by atoms with Crippen molar-refractivity contribution in [3.8, 4) is 11.3 Å². The van der Waals surface area contributed by atoms with Crippen LogP contribution in [0.25, 0.3) is 11.3 Å². The third-order valence-electron chi connectivity index (χ3n) is 6.33. The van der Waals surface area contributed by atoms with Gasteiger partial charge in [-0.25, -0.2) is 4.98 Å². The molecule has 0 bridgehead atoms. The standard InChI is InChI=1S/C25H29N7O3/c1-5-20(33)16-12-26-21(28-25(34)14-9-10-14)11-18(16)27-17-8-6-7-15-22-23(30-32(3)29-22)19(13-35-4)31(2)24(15)17/h6-8,11-12,14,19H,5,9-10,13H2,1-4H3,(H2,26,27,28,34)/t19-/m0/s1/i1D3. The molecule has 2 aromatic heterocycles. The van der Waals surface area contributed by atoms with Crippen LogP contribution >= 0.6 is 0 Å². The summed E-state index contributed by atoms with van der Waals surface area (Å²) in [7, 11) is 5.32. The lowest BCUT2D eigenvalue weighted by molar-refractivity contribution is -0.117. The van der Waals surface area contributed by atoms with Gasteiger partial charge in [-0.2, -0.15) is 15.0 Å². The van der Waals surface area contributed by atoms with Crippen molar-refractivity contribution in [3.63, 3.8) is 0 Å². The van der Waals surface area contributed by atoms with E-state index in [0.717, 1.165) is 35.5 Å². The van der Waals surface area contributed by atoms with E-state index < -0.39 is 19.1 Å². The molecule has 1 amide bonds. The number of Topliss-reactive ketones (excluding diaryl/α,β-unsaturated/α-hetero) is 1. The predicted octanol–water partition coefficient (Wildman–Crippen LogP) is 3.70. The van der Waals surface area contributed by atoms with Gasteiger partial charge in [0.05, 0.1) is 35.3 Å². The van der Waals surface area contributed by atoms with Gasteiger partial charge in [-0.05, 0) is 18.9 Å². The van der Waals surface area contributed by atoms with E-state index in [-0.39, 0.29) is 29.2 Å². The molecule has 1 aromatic carbocycles. The number of likely N-dealkylation sites (N-methyl/N-ethyl adjacent to an activating group) is 1. The van der Waals surface area contributed by atoms with Crippen molar-refractivity contribution in [2.75, 3.05) is 36.3 Å². The second kappa shape index (κ2) is 9.10. The van der Waals surface area contributed by atoms with Gasteiger partial charge in [0.25, 0.3) is 0 Å². The number of hydrogen-bond donors (Lipinski definition) is 2. The van der Waals surface area contributed by atoms with Gasteiger partial charge in [0.15, 0.2) is 5.78 Å². The van der Waals surface area contributed by atoms with Crippen LogP contribution in [0, 0.1) is 5.92 Å². The summed E-state index contributed by atoms with van der Waals surface area (Å²) in [4.78, 5) is 33.2. The Morgan fingerprint density at radius 3 is 2.80 bits per heavy atom. The normalized spacial score (nSPS) is 18.1. The maximum absolute atomic E-state index is 13.0. The van der Waals surface area contributed by atoms with Crippen LogP contribution in [-0.2, 0) is 16.6 Å². The fraction of sp³-hybridized carbons (Fsp3) is 0.400. The predicted molar refractivity (Wildman–Crippen MR) is 133 cm³/mol. The Balaban J connectivity index is 1.57. The molecule has 5 rings (SSSR count). The Hall–Kier alpha value is -3.79. The Kier molecular flexibility index (Phi) is 5.07. The number of anilines is 4. The van der Waals surface area contributed by atoms with E-state index in [2.05, 4.69) is 25.8 Å². The van der Waals surface area contributed by atoms with Gasteiger partial charge in [-0.1, -0.05) is 19.0 Å². The minimum Gasteiger partial charge on any atom is -0.382 e. The van der Waals surface area contributed by atoms with Gasteiger partial charge in [0.2, 0.25) is 5.91 Å². The minimum atomic E-state index is -2.44. The molecular formula is C25H29N7O3. The Bertz CT molecular complexity index is 1400. The molecule has 1 saturated carbocycles. The Labute approximate surface area is 207 Å². The number of aryl methyl sites for hydroxylation is 1. The SMILES string of the molecule is [2H]C([2H])([2H])CC(=O)c1cnc(NC(=O)C2CC2)cc1Nc1cccc2c1N(C)[C@@H](COC)c1nn(C)nc1-2. The largest absolute Gasteiger partial charge is 0.382 e. The number of nitrogens with one attached hydrogen (secondary N) is 2. The molecule has 1 fully saturated rings. The van der Waals surface area contributed by atoms with Crippen LogP contribution in [0.3, 0.4) is 0 Å². The van der Waals surface area contributed by atoms with Crippen molar-refractivity contribution in [1.82, 2.24) is 20.0 Å². The summed E-state index contributed by atoms with van der Waals surface area (Å²) in [5.41, 5.74) is 4.32. The van der Waals surface area contributed by atoms with Crippen molar-refractivity contribution in [3.05, 3.63) is 41.7 Å². The van der Waals surface area contributed by atoms with Gasteiger partial charge < -0.3 is 20.3 Å². The van der Waals surface area contributed by atoms with Gasteiger partial charge in [-0.3, -0.25) is 9.59 Å². The Morgan fingerprint density at radius 2 is 2.06 bits per heavy atom. The molecule has 2 aliphatic rings. The highest BCUT2D eigenvalue weighted by Crippen LogP contribution is 2.47. The first-order valence-corrected chi connectivity index (χ1v) is 11.4. The lowest BCUT2D eigenvalue weighted by Gasteiger charge is -2.35. The zero-order chi connectivity index (χ0) is 27.2. The number of ether oxygens (including phenoxy) is 1. The number of amides is 1. The summed E-state index contributed by atoms with van der Waals surface area (Å²) in [6.45, 7) is -2.06. The number of pyridine rings is 1. The number of fused-ring (bicyclic) bond motifs is 3. The van der Waals surface area contributed by atoms with Crippen molar-refractivity contribution >= 4 is 34.6 Å². The molecule has 182 valence electrons. The van der Waals surface area contributed by atoms with E-state index in [1.807, 2.05) is 30.1 Å². The van der Waals surface area contributed by atoms with E-state index in [4.69, 9.17) is 8.85 Å². The maximum atomic E-state index is 13.0. The maximum Gasteiger partial charge on any atom is 0.228 e. The van der Waals surface area contributed by atoms with E-state index in [1.54, 1.807) is 20.2 Å². The highest BCUT2D eigenvalue weighted by atomic mass is 16.5. The van der Waals surface area contributed by atoms with Gasteiger partial charge in [0.1, 0.15) is 17.2 Å². The van der Waals surface area contributed by atoms with Crippen LogP contribution in [0.2, 0.25) is 0 Å². The molecule has 10 nitrogen and oxygen atoms in total. The smallest absolute Gasteiger partial charge is 0.228 e. The third-order valence-corrected chi connectivity index (χ3v) is 6.33. The summed E-state index contributed by atoms with van der Waals surface area (Å²) in [6.07, 6.45) is 2.35. The fourth-order valence-electron chi connectivity index (χ4n) is 4.40. The van der Waals surface area contributed by atoms with Crippen LogP contribution in [-0.4, -0.2) is 52.4 Å². The monoisotopic (exact) mass is 478 g/mol. The average Bonchev–Trinajstić information content (AvgIpc) is 3.62. The summed E-state index contributed by atoms with van der Waals surface area (Å²) < 4.78 is 28.2. The number of ketones is 1. The lowest BCUT2D eigenvalue weighted by Crippen LogP contribution is -2.32. The summed E-state index contributed by atoms with van der Waals surface area (Å²) >= 11 is 0. The fourth-order valence-corrected chi connectivity index (χ4v) is 4.40. The molecule has 3 aromatic rings. The molecule has 0 spiro atoms. The summed E-state index contributed by atoms with van der Waals surface area (Å²) in [5.74, 6) is -0.452. The van der Waals surface area contributed by atoms with E-state index in [9.17, 15) is 9.59 Å². The molecule has 3 heterocycles. The van der Waals surface area contributed by atoms with Gasteiger partial charge in [0, 0.05) is 55.5 Å². The van der Waals surface area contributed by atoms with Crippen LogP contribution in [0.1, 0.15) is 52.3 Å². The quantitative estimate of drug-likeness (QED) is 0.471. The minimum absolute atomic E-state index is 0.0289. The number of carbonyl (C=O) groups is 2. The molecule has 35 heavy (non-hydrogen) atoms. The highest BCUT2D eigenvalue weighted by molar-refractivity contribution is 6.03. The first-order valence-electron chi connectivity index (χ1n) is 12.9. The van der Waals surface area contributed by atoms with Crippen LogP contribution in [0.5, 0.6) is 0 Å². The van der Waals surface area contributed by atoms with E-state index in [1.165, 1.54) is 11.0 Å². The van der Waals surface area contributed by atoms with Gasteiger partial charge >= 0.3 is 0 Å². The number of nitrogens with zero attached hydrogens (tertiary/aromatic N) is 5. The second-order valence-corrected chi connectivity index (χ2v) is 8.81. The van der Waals surface area contributed by atoms with Crippen LogP contribution < -0.4 is 15.5 Å². The molecule has 1 atom stereocenters. The number of para-hydroxylation sites is 1. The summed E-state index contributed by atoms with van der Waals surface area (Å²) in [6, 6.07) is 7.03. The zero-order valence-corrected chi connectivity index (χ0v) is 19.8. The van der Waals surface area contributed by atoms with E-state index >= 15 is 0 Å². The first kappa shape index (κ1) is 19.5. The lowest BCUT2D eigenvalue weighted by atomic mass is 9.96. The van der Waals surface area contributed by atoms with Crippen molar-refractivity contribution < 1.29 is 18.4 Å². The summed E-state index contributed by atoms with van der Waals surface area (Å²) in [5, 5.41) is 15.3. The molecule has 1 aliphatic heterocycles. The number of methoxy groups -OCH3 is 1. The number of benzene rings is 1. The second-order valence-electron chi connectivity index (χ2n) is 8.81. The topological polar surface area (TPSA) is 114 Å². The number of aromatic nitrogens is 4. The van der Waals surface area contributed by atoms with E-state index in [0.29, 0.717) is 18.0 Å². The van der Waals surface area contributed by atoms with Crippen molar-refractivity contribution in [2.45, 2.75) is 32.2 Å². The third kappa shape index (κ3) is 4.25. The Morgan fingerprint density at radius 1 is 1.23 bits per heavy atom. The molecule has 0 radical (unpaired) electrons. The first-order chi connectivity index (χ1) is 18.1. The number of carbonyl (C=O) groups excluding carboxylic acids is 2.